The molecule has 0 fully saturated rings. The predicted molar refractivity (Wildman–Crippen MR) is 93.7 cm³/mol. The number of alkyl halides is 3. The first-order valence-electron chi connectivity index (χ1n) is 7.29. The molecule has 4 aromatic rings. The van der Waals surface area contributed by atoms with Gasteiger partial charge < -0.3 is 0 Å². The fraction of sp³-hybridized carbons (Fsp3) is 0.0588. The number of hydrogen-bond acceptors (Lipinski definition) is 3. The second kappa shape index (κ2) is 6.32. The minimum absolute atomic E-state index is 0.520. The van der Waals surface area contributed by atoms with Gasteiger partial charge in [0.1, 0.15) is 0 Å². The van der Waals surface area contributed by atoms with Gasteiger partial charge in [0.2, 0.25) is 0 Å². The Kier molecular flexibility index (Phi) is 4.13. The van der Waals surface area contributed by atoms with Gasteiger partial charge in [-0.1, -0.05) is 0 Å². The average molecular weight is 420 g/mol. The molecule has 0 atom stereocenters. The van der Waals surface area contributed by atoms with E-state index in [1.54, 1.807) is 0 Å². The number of nitrogens with one attached hydrogen (secondary N) is 1. The number of rotatable bonds is 3. The molecule has 1 radical (unpaired) electrons. The van der Waals surface area contributed by atoms with Crippen LogP contribution in [0.3, 0.4) is 0 Å². The van der Waals surface area contributed by atoms with Crippen molar-refractivity contribution < 1.29 is 13.2 Å². The van der Waals surface area contributed by atoms with E-state index >= 15 is 0 Å². The zero-order valence-electron chi connectivity index (χ0n) is 12.6. The van der Waals surface area contributed by atoms with Gasteiger partial charge in [0.25, 0.3) is 0 Å². The average Bonchev–Trinajstić information content (AvgIpc) is 3.22. The number of nitrogens with zero attached hydrogens (tertiary/aromatic N) is 2. The molecule has 0 aliphatic heterocycles. The van der Waals surface area contributed by atoms with Gasteiger partial charge in [-0.3, -0.25) is 0 Å². The van der Waals surface area contributed by atoms with E-state index in [0.717, 1.165) is 31.7 Å². The number of fused-ring (bicyclic) bond motifs is 1. The molecule has 2 heterocycles. The first-order valence-corrected chi connectivity index (χ1v) is 10.0. The summed E-state index contributed by atoms with van der Waals surface area (Å²) in [6.07, 6.45) is -4.36. The molecule has 0 amide bonds. The van der Waals surface area contributed by atoms with Crippen LogP contribution in [-0.4, -0.2) is 30.9 Å². The van der Waals surface area contributed by atoms with Gasteiger partial charge in [0.05, 0.1) is 0 Å². The van der Waals surface area contributed by atoms with Crippen molar-refractivity contribution >= 4 is 46.3 Å². The molecular weight excluding hydrogens is 410 g/mol. The number of H-pyrrole nitrogens is 1. The molecule has 2 aromatic carbocycles. The van der Waals surface area contributed by atoms with Crippen LogP contribution >= 0.6 is 11.3 Å². The molecule has 0 bridgehead atoms. The summed E-state index contributed by atoms with van der Waals surface area (Å²) in [5.41, 5.74) is 1.79. The van der Waals surface area contributed by atoms with Crippen molar-refractivity contribution in [2.45, 2.75) is 6.18 Å². The molecule has 8 heteroatoms. The van der Waals surface area contributed by atoms with Crippen molar-refractivity contribution in [3.05, 3.63) is 59.5 Å². The second-order valence-electron chi connectivity index (χ2n) is 5.30. The fourth-order valence-corrected chi connectivity index (χ4v) is 5.73. The zero-order chi connectivity index (χ0) is 17.4. The normalized spacial score (nSPS) is 12.4. The number of halogens is 3. The Balaban J connectivity index is 1.66. The van der Waals surface area contributed by atoms with Gasteiger partial charge >= 0.3 is 152 Å². The van der Waals surface area contributed by atoms with Crippen LogP contribution in [0.25, 0.3) is 22.2 Å². The molecule has 2 aromatic heterocycles. The van der Waals surface area contributed by atoms with E-state index in [2.05, 4.69) is 15.2 Å². The van der Waals surface area contributed by atoms with Crippen LogP contribution in [0, 0.1) is 0 Å². The topological polar surface area (TPSA) is 41.6 Å². The van der Waals surface area contributed by atoms with E-state index in [-0.39, 0.29) is 0 Å². The maximum absolute atomic E-state index is 12.9. The Labute approximate surface area is 151 Å². The first kappa shape index (κ1) is 16.4. The summed E-state index contributed by atoms with van der Waals surface area (Å²) >= 11 is 0.956. The molecule has 3 nitrogen and oxygen atoms in total. The summed E-state index contributed by atoms with van der Waals surface area (Å²) < 4.78 is 40.5. The zero-order valence-corrected chi connectivity index (χ0v) is 15.3. The molecule has 1 N–H and O–H groups in total. The first-order chi connectivity index (χ1) is 12.0. The van der Waals surface area contributed by atoms with E-state index in [4.69, 9.17) is 0 Å². The van der Waals surface area contributed by atoms with Gasteiger partial charge in [-0.2, -0.15) is 0 Å². The Morgan fingerprint density at radius 1 is 1.04 bits per heavy atom. The van der Waals surface area contributed by atoms with Gasteiger partial charge in [0, 0.05) is 0 Å². The summed E-state index contributed by atoms with van der Waals surface area (Å²) in [4.78, 5) is 4.62. The number of benzene rings is 2. The molecule has 0 aliphatic rings. The third-order valence-corrected chi connectivity index (χ3v) is 7.21. The summed E-state index contributed by atoms with van der Waals surface area (Å²) in [6, 6.07) is 13.4. The molecule has 0 unspecified atom stereocenters. The van der Waals surface area contributed by atoms with Gasteiger partial charge in [0.15, 0.2) is 0 Å². The molecule has 125 valence electrons. The number of thiazole rings is 1. The number of hydrogen-bond donors (Lipinski definition) is 1. The van der Waals surface area contributed by atoms with Gasteiger partial charge in [-0.05, 0) is 0 Å². The van der Waals surface area contributed by atoms with Crippen LogP contribution in [0.4, 0.5) is 13.2 Å². The molecule has 4 rings (SSSR count). The predicted octanol–water partition coefficient (Wildman–Crippen LogP) is 3.36. The molecule has 25 heavy (non-hydrogen) atoms. The number of aromatic amines is 1. The van der Waals surface area contributed by atoms with Crippen LogP contribution in [0.2, 0.25) is 0 Å². The summed E-state index contributed by atoms with van der Waals surface area (Å²) in [7, 11) is 0. The van der Waals surface area contributed by atoms with Crippen molar-refractivity contribution in [2.24, 2.45) is 0 Å². The maximum atomic E-state index is 12.9. The van der Waals surface area contributed by atoms with E-state index in [9.17, 15) is 13.2 Å². The third-order valence-electron chi connectivity index (χ3n) is 3.63. The van der Waals surface area contributed by atoms with Crippen LogP contribution in [0.15, 0.2) is 53.9 Å². The van der Waals surface area contributed by atoms with Crippen molar-refractivity contribution in [3.63, 3.8) is 0 Å². The monoisotopic (exact) mass is 420 g/mol. The standard InChI is InChI=1S/C17H10AsF3N3S/c19-17(20,21)11-6-7-13-12(8-11)15(24-23-13)18-16-22-14(9-25-16)10-4-2-1-3-5-10/h1-9H,(H,23,24). The van der Waals surface area contributed by atoms with Crippen LogP contribution in [0.1, 0.15) is 5.56 Å². The van der Waals surface area contributed by atoms with E-state index in [0.29, 0.717) is 10.9 Å². The van der Waals surface area contributed by atoms with Crippen molar-refractivity contribution in [1.82, 2.24) is 15.2 Å². The Morgan fingerprint density at radius 2 is 1.84 bits per heavy atom. The Hall–Kier alpha value is -2.11. The minimum atomic E-state index is -4.36. The van der Waals surface area contributed by atoms with Gasteiger partial charge in [-0.15, -0.1) is 0 Å². The molecular formula is C17H10AsF3N3S. The van der Waals surface area contributed by atoms with E-state index in [1.807, 2.05) is 35.7 Å². The SMILES string of the molecule is FC(F)(F)c1ccc2n[nH]c([As]c3nc(-c4ccccc4)cs3)c2c1. The number of aromatic nitrogens is 3. The molecule has 0 saturated carbocycles. The Bertz CT molecular complexity index is 1020. The third kappa shape index (κ3) is 3.34. The quantitative estimate of drug-likeness (QED) is 0.517. The summed E-state index contributed by atoms with van der Waals surface area (Å²) in [5, 5.41) is 9.48. The molecule has 0 aliphatic carbocycles. The van der Waals surface area contributed by atoms with Crippen molar-refractivity contribution in [2.75, 3.05) is 0 Å². The van der Waals surface area contributed by atoms with E-state index in [1.165, 1.54) is 17.4 Å². The van der Waals surface area contributed by atoms with Crippen LogP contribution < -0.4 is 8.28 Å². The fourth-order valence-electron chi connectivity index (χ4n) is 2.41. The van der Waals surface area contributed by atoms with Crippen LogP contribution in [0.5, 0.6) is 0 Å². The van der Waals surface area contributed by atoms with Crippen molar-refractivity contribution in [3.8, 4) is 11.3 Å². The van der Waals surface area contributed by atoms with Crippen molar-refractivity contribution in [1.29, 1.82) is 0 Å². The summed E-state index contributed by atoms with van der Waals surface area (Å²) in [5.74, 6) is 0. The molecule has 0 saturated heterocycles. The van der Waals surface area contributed by atoms with Gasteiger partial charge in [-0.25, -0.2) is 0 Å². The Morgan fingerprint density at radius 3 is 2.60 bits per heavy atom. The van der Waals surface area contributed by atoms with E-state index < -0.39 is 27.5 Å². The second-order valence-corrected chi connectivity index (χ2v) is 9.11. The summed E-state index contributed by atoms with van der Waals surface area (Å²) in [6.45, 7) is 0. The van der Waals surface area contributed by atoms with Crippen LogP contribution in [-0.2, 0) is 6.18 Å². The molecule has 0 spiro atoms.